The van der Waals surface area contributed by atoms with Gasteiger partial charge in [-0.2, -0.15) is 5.10 Å². The molecule has 0 saturated carbocycles. The van der Waals surface area contributed by atoms with Crippen molar-refractivity contribution in [2.45, 2.75) is 6.04 Å². The highest BCUT2D eigenvalue weighted by molar-refractivity contribution is 5.94. The number of carbonyl (C=O) groups is 2. The minimum atomic E-state index is -1.05. The van der Waals surface area contributed by atoms with E-state index in [1.165, 1.54) is 11.0 Å². The summed E-state index contributed by atoms with van der Waals surface area (Å²) in [4.78, 5) is 24.3. The highest BCUT2D eigenvalue weighted by atomic mass is 16.5. The summed E-state index contributed by atoms with van der Waals surface area (Å²) < 4.78 is 6.70. The molecular weight excluding hydrogens is 250 g/mol. The van der Waals surface area contributed by atoms with Gasteiger partial charge >= 0.3 is 5.97 Å². The molecule has 1 atom stereocenters. The molecule has 2 rings (SSSR count). The minimum Gasteiger partial charge on any atom is -0.480 e. The van der Waals surface area contributed by atoms with Crippen LogP contribution in [0.1, 0.15) is 5.56 Å². The molecule has 1 N–H and O–H groups in total. The van der Waals surface area contributed by atoms with Crippen LogP contribution in [0.3, 0.4) is 0 Å². The summed E-state index contributed by atoms with van der Waals surface area (Å²) in [5.74, 6) is -1.39. The molecule has 1 aromatic heterocycles. The van der Waals surface area contributed by atoms with Crippen molar-refractivity contribution in [1.82, 2.24) is 14.7 Å². The van der Waals surface area contributed by atoms with Gasteiger partial charge in [0.25, 0.3) is 0 Å². The van der Waals surface area contributed by atoms with Gasteiger partial charge in [0.15, 0.2) is 6.04 Å². The molecule has 1 aliphatic rings. The van der Waals surface area contributed by atoms with E-state index in [0.29, 0.717) is 6.61 Å². The molecule has 1 aromatic rings. The molecule has 0 aromatic carbocycles. The number of aliphatic carboxylic acids is 1. The summed E-state index contributed by atoms with van der Waals surface area (Å²) in [6, 6.07) is -0.917. The maximum atomic E-state index is 12.0. The topological polar surface area (TPSA) is 84.7 Å². The molecule has 2 heterocycles. The van der Waals surface area contributed by atoms with Gasteiger partial charge in [-0.25, -0.2) is 4.79 Å². The predicted octanol–water partition coefficient (Wildman–Crippen LogP) is -0.255. The average molecular weight is 265 g/mol. The minimum absolute atomic E-state index is 0.0296. The van der Waals surface area contributed by atoms with Crippen LogP contribution in [0.4, 0.5) is 0 Å². The molecule has 1 saturated heterocycles. The Balaban J connectivity index is 2.05. The van der Waals surface area contributed by atoms with Gasteiger partial charge in [-0.1, -0.05) is 0 Å². The molecule has 19 heavy (non-hydrogen) atoms. The Labute approximate surface area is 110 Å². The molecule has 102 valence electrons. The Morgan fingerprint density at radius 2 is 2.37 bits per heavy atom. The molecule has 0 radical (unpaired) electrons. The summed E-state index contributed by atoms with van der Waals surface area (Å²) in [6.45, 7) is 0.672. The molecule has 0 bridgehead atoms. The van der Waals surface area contributed by atoms with E-state index in [1.54, 1.807) is 30.2 Å². The highest BCUT2D eigenvalue weighted by Gasteiger charge is 2.31. The first-order valence-electron chi connectivity index (χ1n) is 5.86. The van der Waals surface area contributed by atoms with Crippen LogP contribution in [0, 0.1) is 0 Å². The van der Waals surface area contributed by atoms with Crippen LogP contribution in [0.25, 0.3) is 6.08 Å². The van der Waals surface area contributed by atoms with Crippen LogP contribution in [0.2, 0.25) is 0 Å². The van der Waals surface area contributed by atoms with Crippen molar-refractivity contribution in [2.24, 2.45) is 7.05 Å². The van der Waals surface area contributed by atoms with Gasteiger partial charge in [0, 0.05) is 31.4 Å². The lowest BCUT2D eigenvalue weighted by Gasteiger charge is -2.31. The van der Waals surface area contributed by atoms with Crippen molar-refractivity contribution >= 4 is 18.0 Å². The Morgan fingerprint density at radius 1 is 1.58 bits per heavy atom. The van der Waals surface area contributed by atoms with Gasteiger partial charge in [0.05, 0.1) is 19.4 Å². The standard InChI is InChI=1S/C12H15N3O4/c1-14-7-9(6-13-14)2-3-11(16)15-4-5-19-8-10(15)12(17)18/h2-3,6-7,10H,4-5,8H2,1H3,(H,17,18). The lowest BCUT2D eigenvalue weighted by Crippen LogP contribution is -2.52. The zero-order valence-electron chi connectivity index (χ0n) is 10.5. The number of carboxylic acids is 1. The van der Waals surface area contributed by atoms with E-state index >= 15 is 0 Å². The molecule has 0 spiro atoms. The third-order valence-electron chi connectivity index (χ3n) is 2.84. The van der Waals surface area contributed by atoms with E-state index < -0.39 is 12.0 Å². The molecule has 1 amide bonds. The number of hydrogen-bond donors (Lipinski definition) is 1. The molecule has 7 heteroatoms. The first-order chi connectivity index (χ1) is 9.08. The van der Waals surface area contributed by atoms with Gasteiger partial charge < -0.3 is 14.7 Å². The van der Waals surface area contributed by atoms with Crippen LogP contribution in [0.5, 0.6) is 0 Å². The molecule has 1 aliphatic heterocycles. The van der Waals surface area contributed by atoms with Gasteiger partial charge in [-0.3, -0.25) is 9.48 Å². The number of aryl methyl sites for hydroxylation is 1. The summed E-state index contributed by atoms with van der Waals surface area (Å²) in [7, 11) is 1.78. The van der Waals surface area contributed by atoms with E-state index in [0.717, 1.165) is 5.56 Å². The van der Waals surface area contributed by atoms with E-state index in [1.807, 2.05) is 0 Å². The van der Waals surface area contributed by atoms with Gasteiger partial charge in [0.1, 0.15) is 0 Å². The lowest BCUT2D eigenvalue weighted by atomic mass is 10.2. The maximum Gasteiger partial charge on any atom is 0.328 e. The zero-order valence-corrected chi connectivity index (χ0v) is 10.5. The van der Waals surface area contributed by atoms with Crippen LogP contribution < -0.4 is 0 Å². The number of amides is 1. The number of morpholine rings is 1. The van der Waals surface area contributed by atoms with Crippen molar-refractivity contribution in [3.8, 4) is 0 Å². The molecule has 1 unspecified atom stereocenters. The number of rotatable bonds is 3. The van der Waals surface area contributed by atoms with Crippen LogP contribution in [-0.4, -0.2) is 57.5 Å². The molecular formula is C12H15N3O4. The Morgan fingerprint density at radius 3 is 3.00 bits per heavy atom. The lowest BCUT2D eigenvalue weighted by molar-refractivity contribution is -0.156. The van der Waals surface area contributed by atoms with E-state index in [9.17, 15) is 9.59 Å². The molecule has 7 nitrogen and oxygen atoms in total. The van der Waals surface area contributed by atoms with Crippen molar-refractivity contribution in [2.75, 3.05) is 19.8 Å². The number of hydrogen-bond acceptors (Lipinski definition) is 4. The first-order valence-corrected chi connectivity index (χ1v) is 5.86. The van der Waals surface area contributed by atoms with Crippen molar-refractivity contribution in [3.05, 3.63) is 24.0 Å². The average Bonchev–Trinajstić information content (AvgIpc) is 2.81. The number of carbonyl (C=O) groups excluding carboxylic acids is 1. The van der Waals surface area contributed by atoms with Gasteiger partial charge in [-0.05, 0) is 6.08 Å². The normalized spacial score (nSPS) is 19.8. The third kappa shape index (κ3) is 3.19. The second-order valence-electron chi connectivity index (χ2n) is 4.24. The van der Waals surface area contributed by atoms with Crippen LogP contribution >= 0.6 is 0 Å². The number of carboxylic acid groups (broad SMARTS) is 1. The van der Waals surface area contributed by atoms with Crippen LogP contribution in [0.15, 0.2) is 18.5 Å². The summed E-state index contributed by atoms with van der Waals surface area (Å²) in [5.41, 5.74) is 0.788. The molecule has 1 fully saturated rings. The summed E-state index contributed by atoms with van der Waals surface area (Å²) in [5, 5.41) is 13.0. The summed E-state index contributed by atoms with van der Waals surface area (Å²) in [6.07, 6.45) is 6.36. The maximum absolute atomic E-state index is 12.0. The molecule has 0 aliphatic carbocycles. The highest BCUT2D eigenvalue weighted by Crippen LogP contribution is 2.09. The quantitative estimate of drug-likeness (QED) is 0.761. The fourth-order valence-electron chi connectivity index (χ4n) is 1.86. The van der Waals surface area contributed by atoms with E-state index in [2.05, 4.69) is 5.10 Å². The Bertz CT molecular complexity index is 509. The van der Waals surface area contributed by atoms with E-state index in [-0.39, 0.29) is 19.1 Å². The largest absolute Gasteiger partial charge is 0.480 e. The zero-order chi connectivity index (χ0) is 13.8. The fraction of sp³-hybridized carbons (Fsp3) is 0.417. The summed E-state index contributed by atoms with van der Waals surface area (Å²) >= 11 is 0. The Hall–Kier alpha value is -2.15. The number of ether oxygens (including phenoxy) is 1. The smallest absolute Gasteiger partial charge is 0.328 e. The van der Waals surface area contributed by atoms with Crippen LogP contribution in [-0.2, 0) is 21.4 Å². The fourth-order valence-corrected chi connectivity index (χ4v) is 1.86. The van der Waals surface area contributed by atoms with Gasteiger partial charge in [-0.15, -0.1) is 0 Å². The van der Waals surface area contributed by atoms with Crippen molar-refractivity contribution in [3.63, 3.8) is 0 Å². The number of aromatic nitrogens is 2. The Kier molecular flexibility index (Phi) is 3.96. The van der Waals surface area contributed by atoms with Crippen molar-refractivity contribution in [1.29, 1.82) is 0 Å². The SMILES string of the molecule is Cn1cc(C=CC(=O)N2CCOCC2C(=O)O)cn1. The second kappa shape index (κ2) is 5.66. The predicted molar refractivity (Wildman–Crippen MR) is 66.2 cm³/mol. The first kappa shape index (κ1) is 13.3. The van der Waals surface area contributed by atoms with E-state index in [4.69, 9.17) is 9.84 Å². The monoisotopic (exact) mass is 265 g/mol. The second-order valence-corrected chi connectivity index (χ2v) is 4.24. The number of nitrogens with zero attached hydrogens (tertiary/aromatic N) is 3. The van der Waals surface area contributed by atoms with Gasteiger partial charge in [0.2, 0.25) is 5.91 Å². The van der Waals surface area contributed by atoms with Crippen molar-refractivity contribution < 1.29 is 19.4 Å². The third-order valence-corrected chi connectivity index (χ3v) is 2.84.